The predicted molar refractivity (Wildman–Crippen MR) is 118 cm³/mol. The molecule has 0 unspecified atom stereocenters. The van der Waals surface area contributed by atoms with Crippen molar-refractivity contribution >= 4 is 33.5 Å². The SMILES string of the molecule is COc1cc(C(=O)Nc2ccc(C(=O)OCCC(C)C)cc2)c(Br)c(OC)c1OC. The van der Waals surface area contributed by atoms with Crippen LogP contribution in [0.4, 0.5) is 5.69 Å². The molecule has 1 N–H and O–H groups in total. The molecule has 8 heteroatoms. The van der Waals surface area contributed by atoms with E-state index in [1.165, 1.54) is 21.3 Å². The molecule has 0 radical (unpaired) electrons. The molecule has 0 aliphatic heterocycles. The lowest BCUT2D eigenvalue weighted by Crippen LogP contribution is -2.14. The molecule has 2 aromatic carbocycles. The molecule has 7 nitrogen and oxygen atoms in total. The topological polar surface area (TPSA) is 83.1 Å². The summed E-state index contributed by atoms with van der Waals surface area (Å²) >= 11 is 3.39. The van der Waals surface area contributed by atoms with Gasteiger partial charge in [0.05, 0.1) is 43.5 Å². The number of hydrogen-bond donors (Lipinski definition) is 1. The minimum absolute atomic E-state index is 0.307. The summed E-state index contributed by atoms with van der Waals surface area (Å²) in [6, 6.07) is 8.06. The molecule has 0 bridgehead atoms. The molecule has 162 valence electrons. The van der Waals surface area contributed by atoms with E-state index in [-0.39, 0.29) is 11.9 Å². The van der Waals surface area contributed by atoms with E-state index in [0.717, 1.165) is 6.42 Å². The van der Waals surface area contributed by atoms with Crippen LogP contribution in [-0.4, -0.2) is 39.8 Å². The minimum atomic E-state index is -0.388. The lowest BCUT2D eigenvalue weighted by atomic mass is 10.1. The van der Waals surface area contributed by atoms with Crippen LogP contribution in [0.15, 0.2) is 34.8 Å². The first kappa shape index (κ1) is 23.5. The van der Waals surface area contributed by atoms with Crippen LogP contribution < -0.4 is 19.5 Å². The number of amides is 1. The maximum absolute atomic E-state index is 12.8. The summed E-state index contributed by atoms with van der Waals surface area (Å²) in [6.07, 6.45) is 0.809. The van der Waals surface area contributed by atoms with Crippen molar-refractivity contribution in [1.29, 1.82) is 0 Å². The summed E-state index contributed by atoms with van der Waals surface area (Å²) < 4.78 is 21.7. The summed E-state index contributed by atoms with van der Waals surface area (Å²) in [5.74, 6) is 0.784. The monoisotopic (exact) mass is 479 g/mol. The van der Waals surface area contributed by atoms with Gasteiger partial charge in [0.15, 0.2) is 11.5 Å². The summed E-state index contributed by atoms with van der Waals surface area (Å²) in [6.45, 7) is 4.51. The van der Waals surface area contributed by atoms with Gasteiger partial charge < -0.3 is 24.3 Å². The van der Waals surface area contributed by atoms with Crippen LogP contribution >= 0.6 is 15.9 Å². The summed E-state index contributed by atoms with van der Waals surface area (Å²) in [7, 11) is 4.44. The fourth-order valence-corrected chi connectivity index (χ4v) is 3.28. The van der Waals surface area contributed by atoms with E-state index >= 15 is 0 Å². The minimum Gasteiger partial charge on any atom is -0.493 e. The van der Waals surface area contributed by atoms with Crippen LogP contribution in [0.2, 0.25) is 0 Å². The molecule has 0 saturated heterocycles. The van der Waals surface area contributed by atoms with Gasteiger partial charge in [-0.05, 0) is 58.6 Å². The van der Waals surface area contributed by atoms with E-state index in [2.05, 4.69) is 35.1 Å². The fraction of sp³-hybridized carbons (Fsp3) is 0.364. The van der Waals surface area contributed by atoms with Crippen molar-refractivity contribution in [1.82, 2.24) is 0 Å². The Morgan fingerprint density at radius 3 is 2.17 bits per heavy atom. The number of nitrogens with one attached hydrogen (secondary N) is 1. The smallest absolute Gasteiger partial charge is 0.338 e. The van der Waals surface area contributed by atoms with Crippen LogP contribution in [0, 0.1) is 5.92 Å². The third-order valence-electron chi connectivity index (χ3n) is 4.32. The summed E-state index contributed by atoms with van der Waals surface area (Å²) in [5, 5.41) is 2.79. The molecular weight excluding hydrogens is 454 g/mol. The average Bonchev–Trinajstić information content (AvgIpc) is 2.73. The molecular formula is C22H26BrNO6. The molecule has 30 heavy (non-hydrogen) atoms. The third kappa shape index (κ3) is 5.66. The molecule has 0 atom stereocenters. The van der Waals surface area contributed by atoms with Crippen LogP contribution in [-0.2, 0) is 4.74 Å². The number of benzene rings is 2. The second-order valence-electron chi connectivity index (χ2n) is 6.86. The average molecular weight is 480 g/mol. The molecule has 0 heterocycles. The number of carbonyl (C=O) groups is 2. The number of carbonyl (C=O) groups excluding carboxylic acids is 2. The van der Waals surface area contributed by atoms with E-state index in [9.17, 15) is 9.59 Å². The lowest BCUT2D eigenvalue weighted by Gasteiger charge is -2.16. The van der Waals surface area contributed by atoms with E-state index in [1.54, 1.807) is 30.3 Å². The number of anilines is 1. The first-order chi connectivity index (χ1) is 14.3. The molecule has 0 spiro atoms. The van der Waals surface area contributed by atoms with Gasteiger partial charge in [0.1, 0.15) is 0 Å². The molecule has 0 aliphatic rings. The van der Waals surface area contributed by atoms with E-state index in [0.29, 0.717) is 51.1 Å². The van der Waals surface area contributed by atoms with Crippen LogP contribution in [0.1, 0.15) is 41.0 Å². The maximum atomic E-state index is 12.8. The summed E-state index contributed by atoms with van der Waals surface area (Å²) in [5.41, 5.74) is 1.26. The normalized spacial score (nSPS) is 10.5. The Kier molecular flexibility index (Phi) is 8.53. The zero-order valence-corrected chi connectivity index (χ0v) is 19.3. The van der Waals surface area contributed by atoms with Gasteiger partial charge in [-0.15, -0.1) is 0 Å². The number of esters is 1. The Balaban J connectivity index is 2.15. The van der Waals surface area contributed by atoms with E-state index in [1.807, 2.05) is 0 Å². The van der Waals surface area contributed by atoms with Crippen molar-refractivity contribution in [3.8, 4) is 17.2 Å². The third-order valence-corrected chi connectivity index (χ3v) is 5.11. The number of hydrogen-bond acceptors (Lipinski definition) is 6. The van der Waals surface area contributed by atoms with Crippen molar-refractivity contribution in [2.45, 2.75) is 20.3 Å². The Labute approximate surface area is 184 Å². The Hall–Kier alpha value is -2.74. The quantitative estimate of drug-likeness (QED) is 0.513. The highest BCUT2D eigenvalue weighted by atomic mass is 79.9. The standard InChI is InChI=1S/C22H26BrNO6/c1-13(2)10-11-30-22(26)14-6-8-15(9-7-14)24-21(25)16-12-17(27-3)19(28-4)20(29-5)18(16)23/h6-9,12-13H,10-11H2,1-5H3,(H,24,25). The second kappa shape index (κ2) is 10.9. The Bertz CT molecular complexity index is 895. The van der Waals surface area contributed by atoms with Crippen molar-refractivity contribution in [2.75, 3.05) is 33.3 Å². The zero-order valence-electron chi connectivity index (χ0n) is 17.7. The molecule has 1 amide bonds. The van der Waals surface area contributed by atoms with Crippen molar-refractivity contribution in [3.63, 3.8) is 0 Å². The highest BCUT2D eigenvalue weighted by Gasteiger charge is 2.23. The maximum Gasteiger partial charge on any atom is 0.338 e. The predicted octanol–water partition coefficient (Wildman–Crippen LogP) is 4.93. The van der Waals surface area contributed by atoms with Gasteiger partial charge in [0, 0.05) is 5.69 Å². The zero-order chi connectivity index (χ0) is 22.3. The van der Waals surface area contributed by atoms with Crippen molar-refractivity contribution < 1.29 is 28.5 Å². The van der Waals surface area contributed by atoms with E-state index < -0.39 is 0 Å². The summed E-state index contributed by atoms with van der Waals surface area (Å²) in [4.78, 5) is 24.9. The van der Waals surface area contributed by atoms with Crippen LogP contribution in [0.5, 0.6) is 17.2 Å². The van der Waals surface area contributed by atoms with Gasteiger partial charge in [-0.3, -0.25) is 4.79 Å². The van der Waals surface area contributed by atoms with Gasteiger partial charge in [-0.1, -0.05) is 13.8 Å². The van der Waals surface area contributed by atoms with Crippen molar-refractivity contribution in [2.24, 2.45) is 5.92 Å². The number of ether oxygens (including phenoxy) is 4. The number of halogens is 1. The highest BCUT2D eigenvalue weighted by Crippen LogP contribution is 2.44. The molecule has 0 fully saturated rings. The first-order valence-electron chi connectivity index (χ1n) is 9.39. The largest absolute Gasteiger partial charge is 0.493 e. The van der Waals surface area contributed by atoms with Gasteiger partial charge in [-0.25, -0.2) is 4.79 Å². The molecule has 0 aromatic heterocycles. The van der Waals surface area contributed by atoms with Gasteiger partial charge >= 0.3 is 5.97 Å². The Morgan fingerprint density at radius 1 is 1.00 bits per heavy atom. The molecule has 0 aliphatic carbocycles. The van der Waals surface area contributed by atoms with Crippen LogP contribution in [0.3, 0.4) is 0 Å². The van der Waals surface area contributed by atoms with Crippen molar-refractivity contribution in [3.05, 3.63) is 45.9 Å². The molecule has 0 saturated carbocycles. The van der Waals surface area contributed by atoms with Gasteiger partial charge in [-0.2, -0.15) is 0 Å². The first-order valence-corrected chi connectivity index (χ1v) is 10.2. The van der Waals surface area contributed by atoms with Crippen LogP contribution in [0.25, 0.3) is 0 Å². The fourth-order valence-electron chi connectivity index (χ4n) is 2.65. The Morgan fingerprint density at radius 2 is 1.63 bits per heavy atom. The second-order valence-corrected chi connectivity index (χ2v) is 7.65. The van der Waals surface area contributed by atoms with E-state index in [4.69, 9.17) is 18.9 Å². The molecule has 2 aromatic rings. The van der Waals surface area contributed by atoms with Gasteiger partial charge in [0.25, 0.3) is 5.91 Å². The number of rotatable bonds is 9. The van der Waals surface area contributed by atoms with Gasteiger partial charge in [0.2, 0.25) is 5.75 Å². The lowest BCUT2D eigenvalue weighted by molar-refractivity contribution is 0.0488. The highest BCUT2D eigenvalue weighted by molar-refractivity contribution is 9.10. The number of methoxy groups -OCH3 is 3. The molecule has 2 rings (SSSR count).